The van der Waals surface area contributed by atoms with Gasteiger partial charge in [0, 0.05) is 5.69 Å². The zero-order valence-electron chi connectivity index (χ0n) is 10.4. The predicted octanol–water partition coefficient (Wildman–Crippen LogP) is 1.48. The first-order chi connectivity index (χ1) is 8.82. The highest BCUT2D eigenvalue weighted by Gasteiger charge is 2.36. The average Bonchev–Trinajstić information content (AvgIpc) is 2.38. The number of carboxylic acid groups (broad SMARTS) is 1. The average molecular weight is 257 g/mol. The standard InChI is InChI=1S/C13H11N3O3/c1-13(2,12(18)19)11(17)16-10-4-3-8(6-14)9(5-10)7-15/h3-5H,1-2H3,(H,16,17)(H,18,19). The second kappa shape index (κ2) is 5.19. The van der Waals surface area contributed by atoms with Crippen molar-refractivity contribution in [2.75, 3.05) is 5.32 Å². The van der Waals surface area contributed by atoms with E-state index in [4.69, 9.17) is 15.6 Å². The second-order valence-corrected chi connectivity index (χ2v) is 4.37. The molecule has 2 N–H and O–H groups in total. The maximum Gasteiger partial charge on any atom is 0.318 e. The fourth-order valence-electron chi connectivity index (χ4n) is 1.20. The number of carboxylic acids is 1. The van der Waals surface area contributed by atoms with Crippen molar-refractivity contribution in [2.45, 2.75) is 13.8 Å². The summed E-state index contributed by atoms with van der Waals surface area (Å²) in [6.07, 6.45) is 0. The third-order valence-electron chi connectivity index (χ3n) is 2.62. The van der Waals surface area contributed by atoms with Crippen molar-refractivity contribution in [2.24, 2.45) is 5.41 Å². The fraction of sp³-hybridized carbons (Fsp3) is 0.231. The summed E-state index contributed by atoms with van der Waals surface area (Å²) in [6, 6.07) is 7.84. The minimum atomic E-state index is -1.58. The lowest BCUT2D eigenvalue weighted by Crippen LogP contribution is -2.37. The molecule has 0 aliphatic rings. The predicted molar refractivity (Wildman–Crippen MR) is 65.9 cm³/mol. The van der Waals surface area contributed by atoms with Crippen molar-refractivity contribution in [3.8, 4) is 12.1 Å². The molecule has 0 aromatic heterocycles. The Morgan fingerprint density at radius 2 is 1.79 bits per heavy atom. The van der Waals surface area contributed by atoms with Crippen LogP contribution in [0.4, 0.5) is 5.69 Å². The van der Waals surface area contributed by atoms with Gasteiger partial charge in [0.1, 0.15) is 17.6 Å². The van der Waals surface area contributed by atoms with Crippen LogP contribution >= 0.6 is 0 Å². The summed E-state index contributed by atoms with van der Waals surface area (Å²) in [5.41, 5.74) is -0.998. The van der Waals surface area contributed by atoms with Gasteiger partial charge < -0.3 is 10.4 Å². The third-order valence-corrected chi connectivity index (χ3v) is 2.62. The molecule has 0 bridgehead atoms. The normalized spacial score (nSPS) is 10.1. The number of benzene rings is 1. The molecule has 6 nitrogen and oxygen atoms in total. The third kappa shape index (κ3) is 2.88. The van der Waals surface area contributed by atoms with E-state index in [1.807, 2.05) is 12.1 Å². The van der Waals surface area contributed by atoms with E-state index >= 15 is 0 Å². The molecule has 19 heavy (non-hydrogen) atoms. The Labute approximate surface area is 109 Å². The number of nitrogens with zero attached hydrogens (tertiary/aromatic N) is 2. The maximum absolute atomic E-state index is 11.8. The van der Waals surface area contributed by atoms with Gasteiger partial charge in [0.25, 0.3) is 0 Å². The van der Waals surface area contributed by atoms with Gasteiger partial charge in [-0.2, -0.15) is 10.5 Å². The number of carbonyl (C=O) groups is 2. The second-order valence-electron chi connectivity index (χ2n) is 4.37. The van der Waals surface area contributed by atoms with Gasteiger partial charge in [0.15, 0.2) is 0 Å². The number of nitriles is 2. The first kappa shape index (κ1) is 14.2. The Morgan fingerprint density at radius 3 is 2.26 bits per heavy atom. The van der Waals surface area contributed by atoms with Crippen LogP contribution in [0.5, 0.6) is 0 Å². The van der Waals surface area contributed by atoms with E-state index in [1.165, 1.54) is 32.0 Å². The van der Waals surface area contributed by atoms with Crippen LogP contribution in [0.1, 0.15) is 25.0 Å². The number of hydrogen-bond donors (Lipinski definition) is 2. The summed E-state index contributed by atoms with van der Waals surface area (Å²) in [5.74, 6) is -1.95. The molecular weight excluding hydrogens is 246 g/mol. The quantitative estimate of drug-likeness (QED) is 0.796. The van der Waals surface area contributed by atoms with Crippen LogP contribution < -0.4 is 5.32 Å². The summed E-state index contributed by atoms with van der Waals surface area (Å²) >= 11 is 0. The van der Waals surface area contributed by atoms with Crippen molar-refractivity contribution >= 4 is 17.6 Å². The van der Waals surface area contributed by atoms with Gasteiger partial charge in [-0.15, -0.1) is 0 Å². The van der Waals surface area contributed by atoms with E-state index in [1.54, 1.807) is 0 Å². The van der Waals surface area contributed by atoms with Gasteiger partial charge in [-0.1, -0.05) is 0 Å². The lowest BCUT2D eigenvalue weighted by Gasteiger charge is -2.18. The van der Waals surface area contributed by atoms with Crippen molar-refractivity contribution < 1.29 is 14.7 Å². The zero-order chi connectivity index (χ0) is 14.6. The molecule has 1 aromatic rings. The number of hydrogen-bond acceptors (Lipinski definition) is 4. The zero-order valence-corrected chi connectivity index (χ0v) is 10.4. The SMILES string of the molecule is CC(C)(C(=O)O)C(=O)Nc1ccc(C#N)c(C#N)c1. The van der Waals surface area contributed by atoms with Crippen LogP contribution in [0, 0.1) is 28.1 Å². The molecule has 0 saturated carbocycles. The van der Waals surface area contributed by atoms with E-state index in [0.717, 1.165) is 0 Å². The molecule has 0 atom stereocenters. The van der Waals surface area contributed by atoms with E-state index in [2.05, 4.69) is 5.32 Å². The van der Waals surface area contributed by atoms with Gasteiger partial charge in [0.2, 0.25) is 5.91 Å². The molecule has 6 heteroatoms. The molecule has 0 heterocycles. The molecule has 0 spiro atoms. The van der Waals surface area contributed by atoms with Crippen LogP contribution in [0.2, 0.25) is 0 Å². The van der Waals surface area contributed by atoms with E-state index in [0.29, 0.717) is 0 Å². The van der Waals surface area contributed by atoms with E-state index in [-0.39, 0.29) is 16.8 Å². The van der Waals surface area contributed by atoms with Crippen LogP contribution in [-0.2, 0) is 9.59 Å². The largest absolute Gasteiger partial charge is 0.480 e. The summed E-state index contributed by atoms with van der Waals surface area (Å²) in [7, 11) is 0. The van der Waals surface area contributed by atoms with Crippen molar-refractivity contribution in [3.63, 3.8) is 0 Å². The van der Waals surface area contributed by atoms with Crippen LogP contribution in [0.25, 0.3) is 0 Å². The summed E-state index contributed by atoms with van der Waals surface area (Å²) in [5, 5.41) is 28.9. The Morgan fingerprint density at radius 1 is 1.21 bits per heavy atom. The Kier molecular flexibility index (Phi) is 3.88. The molecule has 96 valence electrons. The molecule has 0 unspecified atom stereocenters. The molecule has 1 aromatic carbocycles. The molecule has 1 rings (SSSR count). The lowest BCUT2D eigenvalue weighted by atomic mass is 9.92. The first-order valence-electron chi connectivity index (χ1n) is 5.32. The highest BCUT2D eigenvalue weighted by molar-refractivity contribution is 6.07. The molecular formula is C13H11N3O3. The van der Waals surface area contributed by atoms with Gasteiger partial charge in [0.05, 0.1) is 11.1 Å². The van der Waals surface area contributed by atoms with Gasteiger partial charge in [-0.05, 0) is 32.0 Å². The van der Waals surface area contributed by atoms with Gasteiger partial charge in [-0.3, -0.25) is 9.59 Å². The van der Waals surface area contributed by atoms with Crippen LogP contribution in [0.15, 0.2) is 18.2 Å². The highest BCUT2D eigenvalue weighted by atomic mass is 16.4. The lowest BCUT2D eigenvalue weighted by molar-refractivity contribution is -0.151. The Hall–Kier alpha value is -2.86. The van der Waals surface area contributed by atoms with Crippen molar-refractivity contribution in [1.82, 2.24) is 0 Å². The van der Waals surface area contributed by atoms with Crippen LogP contribution in [-0.4, -0.2) is 17.0 Å². The highest BCUT2D eigenvalue weighted by Crippen LogP contribution is 2.20. The Balaban J connectivity index is 3.03. The molecule has 0 aliphatic carbocycles. The number of anilines is 1. The summed E-state index contributed by atoms with van der Waals surface area (Å²) in [6.45, 7) is 2.55. The number of nitrogens with one attached hydrogen (secondary N) is 1. The smallest absolute Gasteiger partial charge is 0.318 e. The monoisotopic (exact) mass is 257 g/mol. The van der Waals surface area contributed by atoms with Gasteiger partial charge in [-0.25, -0.2) is 0 Å². The Bertz CT molecular complexity index is 621. The summed E-state index contributed by atoms with van der Waals surface area (Å²) < 4.78 is 0. The molecule has 0 aliphatic heterocycles. The van der Waals surface area contributed by atoms with E-state index < -0.39 is 17.3 Å². The fourth-order valence-corrected chi connectivity index (χ4v) is 1.20. The first-order valence-corrected chi connectivity index (χ1v) is 5.32. The van der Waals surface area contributed by atoms with Gasteiger partial charge >= 0.3 is 5.97 Å². The van der Waals surface area contributed by atoms with Crippen molar-refractivity contribution in [3.05, 3.63) is 29.3 Å². The molecule has 1 amide bonds. The molecule has 0 saturated heterocycles. The number of rotatable bonds is 3. The topological polar surface area (TPSA) is 114 Å². The summed E-state index contributed by atoms with van der Waals surface area (Å²) in [4.78, 5) is 22.7. The number of amides is 1. The molecule has 0 radical (unpaired) electrons. The van der Waals surface area contributed by atoms with Crippen LogP contribution in [0.3, 0.4) is 0 Å². The maximum atomic E-state index is 11.8. The minimum Gasteiger partial charge on any atom is -0.480 e. The minimum absolute atomic E-state index is 0.119. The number of carbonyl (C=O) groups excluding carboxylic acids is 1. The number of aliphatic carboxylic acids is 1. The van der Waals surface area contributed by atoms with E-state index in [9.17, 15) is 9.59 Å². The molecule has 0 fully saturated rings. The van der Waals surface area contributed by atoms with Crippen molar-refractivity contribution in [1.29, 1.82) is 10.5 Å².